The van der Waals surface area contributed by atoms with Gasteiger partial charge in [-0.25, -0.2) is 10.2 Å². The van der Waals surface area contributed by atoms with E-state index in [1.807, 2.05) is 0 Å². The van der Waals surface area contributed by atoms with Gasteiger partial charge in [-0.2, -0.15) is 0 Å². The molecule has 0 amide bonds. The predicted octanol–water partition coefficient (Wildman–Crippen LogP) is 0.874. The molecule has 7 heavy (non-hydrogen) atoms. The molecule has 0 N–H and O–H groups in total. The third kappa shape index (κ3) is 2.60. The molecule has 0 aliphatic rings. The molecule has 0 aromatic rings. The van der Waals surface area contributed by atoms with Crippen molar-refractivity contribution in [3.8, 4) is 0 Å². The summed E-state index contributed by atoms with van der Waals surface area (Å²) in [7, 11) is 0. The van der Waals surface area contributed by atoms with Crippen LogP contribution in [0.15, 0.2) is 0 Å². The fourth-order valence-electron chi connectivity index (χ4n) is 0.0417. The van der Waals surface area contributed by atoms with Crippen molar-refractivity contribution in [1.29, 1.82) is 0 Å². The lowest BCUT2D eigenvalue weighted by molar-refractivity contribution is 0.0181. The minimum atomic E-state index is -0.528. The smallest absolute Gasteiger partial charge is 0.0896 e. The quantitative estimate of drug-likeness (QED) is 0.496. The van der Waals surface area contributed by atoms with Crippen molar-refractivity contribution >= 4 is 0 Å². The van der Waals surface area contributed by atoms with Crippen molar-refractivity contribution in [2.45, 2.75) is 13.8 Å². The van der Waals surface area contributed by atoms with E-state index in [-0.39, 0.29) is 13.2 Å². The molecule has 0 saturated heterocycles. The first-order chi connectivity index (χ1) is 3.12. The summed E-state index contributed by atoms with van der Waals surface area (Å²) in [4.78, 5) is 0. The van der Waals surface area contributed by atoms with Crippen molar-refractivity contribution in [1.82, 2.24) is 0 Å². The van der Waals surface area contributed by atoms with Crippen LogP contribution in [-0.4, -0.2) is 13.2 Å². The van der Waals surface area contributed by atoms with E-state index in [2.05, 4.69) is 0 Å². The van der Waals surface area contributed by atoms with Gasteiger partial charge in [0.15, 0.2) is 0 Å². The first-order valence-electron chi connectivity index (χ1n) is 2.28. The minimum absolute atomic E-state index is 0.267. The molecule has 0 spiro atoms. The molecule has 0 atom stereocenters. The second-order valence-corrected chi connectivity index (χ2v) is 2.45. The largest absolute Gasteiger partial charge is 0.236 e. The Bertz CT molecular complexity index is 44.0. The van der Waals surface area contributed by atoms with E-state index in [1.165, 1.54) is 0 Å². The molecular weight excluding hydrogens is 92.1 g/mol. The first kappa shape index (κ1) is 6.92. The van der Waals surface area contributed by atoms with E-state index in [1.54, 1.807) is 13.8 Å². The molecule has 0 rings (SSSR count). The predicted molar refractivity (Wildman–Crippen MR) is 24.9 cm³/mol. The molecule has 2 heteroatoms. The van der Waals surface area contributed by atoms with Crippen LogP contribution >= 0.6 is 0 Å². The standard InChI is InChI=1S/C5H10O2/c1-5(2,3-6)4-7/h3-4H2,1-2H3. The second kappa shape index (κ2) is 2.28. The van der Waals surface area contributed by atoms with Crippen molar-refractivity contribution in [3.05, 3.63) is 0 Å². The Kier molecular flexibility index (Phi) is 2.26. The summed E-state index contributed by atoms with van der Waals surface area (Å²) < 4.78 is 0. The lowest BCUT2D eigenvalue weighted by Crippen LogP contribution is -2.19. The molecule has 0 aliphatic carbocycles. The number of hydrogen-bond acceptors (Lipinski definition) is 0. The summed E-state index contributed by atoms with van der Waals surface area (Å²) in [6.07, 6.45) is 0. The summed E-state index contributed by atoms with van der Waals surface area (Å²) in [5.74, 6) is 0. The average molecular weight is 102 g/mol. The van der Waals surface area contributed by atoms with E-state index in [4.69, 9.17) is 0 Å². The topological polar surface area (TPSA) is 39.8 Å². The highest BCUT2D eigenvalue weighted by Gasteiger charge is 2.15. The van der Waals surface area contributed by atoms with Crippen molar-refractivity contribution < 1.29 is 10.2 Å². The lowest BCUT2D eigenvalue weighted by atomic mass is 9.97. The van der Waals surface area contributed by atoms with E-state index in [0.717, 1.165) is 0 Å². The monoisotopic (exact) mass is 102 g/mol. The third-order valence-corrected chi connectivity index (χ3v) is 0.781. The zero-order valence-electron chi connectivity index (χ0n) is 4.73. The second-order valence-electron chi connectivity index (χ2n) is 2.45. The Balaban J connectivity index is 3.36. The highest BCUT2D eigenvalue weighted by molar-refractivity contribution is 4.62. The normalized spacial score (nSPS) is 12.0. The van der Waals surface area contributed by atoms with Crippen LogP contribution in [-0.2, 0) is 10.2 Å². The van der Waals surface area contributed by atoms with Crippen LogP contribution in [0.5, 0.6) is 0 Å². The third-order valence-electron chi connectivity index (χ3n) is 0.781. The SMILES string of the molecule is CC(C)(C[O])C[O]. The van der Waals surface area contributed by atoms with Crippen LogP contribution < -0.4 is 0 Å². The van der Waals surface area contributed by atoms with Crippen molar-refractivity contribution in [2.24, 2.45) is 5.41 Å². The molecule has 0 saturated carbocycles. The highest BCUT2D eigenvalue weighted by atomic mass is 16.3. The lowest BCUT2D eigenvalue weighted by Gasteiger charge is -2.13. The van der Waals surface area contributed by atoms with Crippen molar-refractivity contribution in [2.75, 3.05) is 13.2 Å². The minimum Gasteiger partial charge on any atom is -0.236 e. The summed E-state index contributed by atoms with van der Waals surface area (Å²) in [5.41, 5.74) is -0.528. The Labute approximate surface area is 43.8 Å². The molecular formula is C5H10O2. The molecule has 0 heterocycles. The van der Waals surface area contributed by atoms with Gasteiger partial charge in [0, 0.05) is 5.41 Å². The van der Waals surface area contributed by atoms with Crippen LogP contribution in [0.1, 0.15) is 13.8 Å². The van der Waals surface area contributed by atoms with Gasteiger partial charge in [-0.1, -0.05) is 13.8 Å². The van der Waals surface area contributed by atoms with Gasteiger partial charge in [0.25, 0.3) is 0 Å². The van der Waals surface area contributed by atoms with Gasteiger partial charge in [0.05, 0.1) is 13.2 Å². The fourth-order valence-corrected chi connectivity index (χ4v) is 0.0417. The maximum atomic E-state index is 9.98. The van der Waals surface area contributed by atoms with Gasteiger partial charge >= 0.3 is 0 Å². The fraction of sp³-hybridized carbons (Fsp3) is 1.00. The van der Waals surface area contributed by atoms with E-state index >= 15 is 0 Å². The summed E-state index contributed by atoms with van der Waals surface area (Å²) in [6.45, 7) is 2.81. The zero-order chi connectivity index (χ0) is 5.91. The molecule has 0 aliphatic heterocycles. The Morgan fingerprint density at radius 3 is 1.43 bits per heavy atom. The Morgan fingerprint density at radius 1 is 1.14 bits per heavy atom. The summed E-state index contributed by atoms with van der Waals surface area (Å²) in [6, 6.07) is 0. The molecule has 0 aromatic heterocycles. The van der Waals surface area contributed by atoms with Gasteiger partial charge in [0.1, 0.15) is 0 Å². The van der Waals surface area contributed by atoms with E-state index in [0.29, 0.717) is 0 Å². The number of rotatable bonds is 2. The van der Waals surface area contributed by atoms with Crippen LogP contribution in [0.3, 0.4) is 0 Å². The van der Waals surface area contributed by atoms with Gasteiger partial charge in [-0.15, -0.1) is 0 Å². The van der Waals surface area contributed by atoms with E-state index in [9.17, 15) is 10.2 Å². The molecule has 2 radical (unpaired) electrons. The Morgan fingerprint density at radius 2 is 1.43 bits per heavy atom. The number of hydrogen-bond donors (Lipinski definition) is 0. The van der Waals surface area contributed by atoms with E-state index < -0.39 is 5.41 Å². The van der Waals surface area contributed by atoms with Crippen LogP contribution in [0.2, 0.25) is 0 Å². The molecule has 0 aromatic carbocycles. The molecule has 0 fully saturated rings. The van der Waals surface area contributed by atoms with Gasteiger partial charge in [-0.3, -0.25) is 0 Å². The molecule has 0 unspecified atom stereocenters. The summed E-state index contributed by atoms with van der Waals surface area (Å²) >= 11 is 0. The van der Waals surface area contributed by atoms with Gasteiger partial charge in [-0.05, 0) is 0 Å². The molecule has 2 nitrogen and oxygen atoms in total. The maximum Gasteiger partial charge on any atom is 0.0896 e. The van der Waals surface area contributed by atoms with Crippen LogP contribution in [0, 0.1) is 5.41 Å². The zero-order valence-corrected chi connectivity index (χ0v) is 4.73. The highest BCUT2D eigenvalue weighted by Crippen LogP contribution is 2.10. The van der Waals surface area contributed by atoms with Crippen LogP contribution in [0.4, 0.5) is 0 Å². The Hall–Kier alpha value is -0.0800. The maximum absolute atomic E-state index is 9.98. The molecule has 0 bridgehead atoms. The average Bonchev–Trinajstić information content (AvgIpc) is 1.68. The van der Waals surface area contributed by atoms with Crippen molar-refractivity contribution in [3.63, 3.8) is 0 Å². The van der Waals surface area contributed by atoms with Gasteiger partial charge < -0.3 is 0 Å². The molecule has 42 valence electrons. The van der Waals surface area contributed by atoms with Crippen LogP contribution in [0.25, 0.3) is 0 Å². The first-order valence-corrected chi connectivity index (χ1v) is 2.28. The van der Waals surface area contributed by atoms with Gasteiger partial charge in [0.2, 0.25) is 0 Å². The summed E-state index contributed by atoms with van der Waals surface area (Å²) in [5, 5.41) is 20.0.